The minimum Gasteiger partial charge on any atom is -0.481 e. The molecule has 0 saturated heterocycles. The van der Waals surface area contributed by atoms with Gasteiger partial charge in [0.25, 0.3) is 0 Å². The van der Waals surface area contributed by atoms with Crippen LogP contribution >= 0.6 is 11.3 Å². The van der Waals surface area contributed by atoms with Crippen molar-refractivity contribution in [3.05, 3.63) is 22.4 Å². The second-order valence-corrected chi connectivity index (χ2v) is 3.38. The van der Waals surface area contributed by atoms with Gasteiger partial charge in [0.05, 0.1) is 0 Å². The van der Waals surface area contributed by atoms with E-state index < -0.39 is 5.97 Å². The maximum atomic E-state index is 10.2. The summed E-state index contributed by atoms with van der Waals surface area (Å²) in [4.78, 5) is 10.2. The molecule has 1 atom stereocenters. The fourth-order valence-electron chi connectivity index (χ4n) is 0.932. The van der Waals surface area contributed by atoms with E-state index in [9.17, 15) is 4.79 Å². The molecule has 0 unspecified atom stereocenters. The van der Waals surface area contributed by atoms with Gasteiger partial charge in [-0.05, 0) is 28.8 Å². The summed E-state index contributed by atoms with van der Waals surface area (Å²) in [7, 11) is 0. The summed E-state index contributed by atoms with van der Waals surface area (Å²) in [6, 6.07) is 1.80. The second-order valence-electron chi connectivity index (χ2n) is 2.60. The zero-order chi connectivity index (χ0) is 8.97. The SMILES string of the molecule is N[C@H](CCC(=O)O)c1ccsc1. The first-order chi connectivity index (χ1) is 5.70. The monoisotopic (exact) mass is 185 g/mol. The molecule has 3 N–H and O–H groups in total. The van der Waals surface area contributed by atoms with Gasteiger partial charge in [-0.3, -0.25) is 4.79 Å². The van der Waals surface area contributed by atoms with Gasteiger partial charge in [-0.25, -0.2) is 0 Å². The van der Waals surface area contributed by atoms with Crippen molar-refractivity contribution in [2.45, 2.75) is 18.9 Å². The van der Waals surface area contributed by atoms with Crippen LogP contribution in [0.4, 0.5) is 0 Å². The molecule has 1 aromatic rings. The topological polar surface area (TPSA) is 63.3 Å². The number of carboxylic acid groups (broad SMARTS) is 1. The molecule has 0 radical (unpaired) electrons. The van der Waals surface area contributed by atoms with E-state index in [1.807, 2.05) is 16.8 Å². The van der Waals surface area contributed by atoms with Gasteiger partial charge in [-0.2, -0.15) is 11.3 Å². The number of aliphatic carboxylic acids is 1. The highest BCUT2D eigenvalue weighted by molar-refractivity contribution is 7.07. The van der Waals surface area contributed by atoms with Gasteiger partial charge in [0.2, 0.25) is 0 Å². The minimum absolute atomic E-state index is 0.132. The number of nitrogens with two attached hydrogens (primary N) is 1. The van der Waals surface area contributed by atoms with E-state index in [4.69, 9.17) is 10.8 Å². The lowest BCUT2D eigenvalue weighted by Gasteiger charge is -2.06. The Bertz CT molecular complexity index is 246. The molecule has 66 valence electrons. The van der Waals surface area contributed by atoms with E-state index in [1.165, 1.54) is 0 Å². The van der Waals surface area contributed by atoms with E-state index in [0.29, 0.717) is 6.42 Å². The summed E-state index contributed by atoms with van der Waals surface area (Å²) in [5, 5.41) is 12.3. The quantitative estimate of drug-likeness (QED) is 0.749. The molecule has 0 fully saturated rings. The first-order valence-corrected chi connectivity index (χ1v) is 4.64. The van der Waals surface area contributed by atoms with Crippen molar-refractivity contribution in [1.82, 2.24) is 0 Å². The first kappa shape index (κ1) is 9.22. The van der Waals surface area contributed by atoms with Crippen molar-refractivity contribution in [3.63, 3.8) is 0 Å². The summed E-state index contributed by atoms with van der Waals surface area (Å²) < 4.78 is 0. The van der Waals surface area contributed by atoms with Crippen LogP contribution in [0.5, 0.6) is 0 Å². The van der Waals surface area contributed by atoms with E-state index in [-0.39, 0.29) is 12.5 Å². The summed E-state index contributed by atoms with van der Waals surface area (Å²) in [5.41, 5.74) is 6.76. The molecule has 0 bridgehead atoms. The molecule has 0 saturated carbocycles. The number of carbonyl (C=O) groups is 1. The molecule has 0 aromatic carbocycles. The minimum atomic E-state index is -0.791. The Balaban J connectivity index is 2.39. The van der Waals surface area contributed by atoms with Gasteiger partial charge in [-0.1, -0.05) is 0 Å². The van der Waals surface area contributed by atoms with E-state index in [0.717, 1.165) is 5.56 Å². The molecule has 4 heteroatoms. The number of hydrogen-bond donors (Lipinski definition) is 2. The summed E-state index contributed by atoms with van der Waals surface area (Å²) in [6.45, 7) is 0. The second kappa shape index (κ2) is 4.23. The Morgan fingerprint density at radius 1 is 1.75 bits per heavy atom. The van der Waals surface area contributed by atoms with Crippen LogP contribution in [0.3, 0.4) is 0 Å². The van der Waals surface area contributed by atoms with Crippen molar-refractivity contribution in [2.24, 2.45) is 5.73 Å². The molecule has 1 heterocycles. The molecule has 3 nitrogen and oxygen atoms in total. The van der Waals surface area contributed by atoms with Crippen LogP contribution in [-0.4, -0.2) is 11.1 Å². The Morgan fingerprint density at radius 3 is 3.00 bits per heavy atom. The lowest BCUT2D eigenvalue weighted by molar-refractivity contribution is -0.137. The zero-order valence-electron chi connectivity index (χ0n) is 6.56. The zero-order valence-corrected chi connectivity index (χ0v) is 7.38. The van der Waals surface area contributed by atoms with Crippen LogP contribution in [0.25, 0.3) is 0 Å². The molecular formula is C8H11NO2S. The smallest absolute Gasteiger partial charge is 0.303 e. The van der Waals surface area contributed by atoms with Gasteiger partial charge < -0.3 is 10.8 Å². The van der Waals surface area contributed by atoms with E-state index in [2.05, 4.69) is 0 Å². The molecule has 0 aliphatic rings. The normalized spacial score (nSPS) is 12.8. The standard InChI is InChI=1S/C8H11NO2S/c9-7(1-2-8(10)11)6-3-4-12-5-6/h3-5,7H,1-2,9H2,(H,10,11)/t7-/m1/s1. The summed E-state index contributed by atoms with van der Waals surface area (Å²) in [6.07, 6.45) is 0.642. The number of carboxylic acids is 1. The van der Waals surface area contributed by atoms with E-state index in [1.54, 1.807) is 11.3 Å². The van der Waals surface area contributed by atoms with Gasteiger partial charge in [0, 0.05) is 12.5 Å². The third-order valence-electron chi connectivity index (χ3n) is 1.64. The highest BCUT2D eigenvalue weighted by Gasteiger charge is 2.07. The lowest BCUT2D eigenvalue weighted by Crippen LogP contribution is -2.11. The fraction of sp³-hybridized carbons (Fsp3) is 0.375. The average Bonchev–Trinajstić information content (AvgIpc) is 2.51. The van der Waals surface area contributed by atoms with Crippen LogP contribution in [-0.2, 0) is 4.79 Å². The van der Waals surface area contributed by atoms with Gasteiger partial charge >= 0.3 is 5.97 Å². The Kier molecular flexibility index (Phi) is 3.25. The van der Waals surface area contributed by atoms with Crippen LogP contribution in [0.1, 0.15) is 24.4 Å². The van der Waals surface area contributed by atoms with Crippen molar-refractivity contribution >= 4 is 17.3 Å². The predicted molar refractivity (Wildman–Crippen MR) is 48.1 cm³/mol. The van der Waals surface area contributed by atoms with Gasteiger partial charge in [-0.15, -0.1) is 0 Å². The van der Waals surface area contributed by atoms with Gasteiger partial charge in [0.15, 0.2) is 0 Å². The third kappa shape index (κ3) is 2.64. The van der Waals surface area contributed by atoms with Crippen LogP contribution in [0, 0.1) is 0 Å². The highest BCUT2D eigenvalue weighted by Crippen LogP contribution is 2.17. The third-order valence-corrected chi connectivity index (χ3v) is 2.34. The maximum Gasteiger partial charge on any atom is 0.303 e. The number of thiophene rings is 1. The Labute approximate surface area is 74.8 Å². The average molecular weight is 185 g/mol. The molecule has 0 aliphatic carbocycles. The fourth-order valence-corrected chi connectivity index (χ4v) is 1.66. The largest absolute Gasteiger partial charge is 0.481 e. The van der Waals surface area contributed by atoms with Crippen molar-refractivity contribution < 1.29 is 9.90 Å². The van der Waals surface area contributed by atoms with Crippen molar-refractivity contribution in [3.8, 4) is 0 Å². The number of hydrogen-bond acceptors (Lipinski definition) is 3. The molecular weight excluding hydrogens is 174 g/mol. The van der Waals surface area contributed by atoms with E-state index >= 15 is 0 Å². The van der Waals surface area contributed by atoms with Crippen LogP contribution in [0.15, 0.2) is 16.8 Å². The summed E-state index contributed by atoms with van der Waals surface area (Å²) in [5.74, 6) is -0.791. The van der Waals surface area contributed by atoms with Crippen molar-refractivity contribution in [1.29, 1.82) is 0 Å². The molecule has 0 spiro atoms. The Hall–Kier alpha value is -0.870. The highest BCUT2D eigenvalue weighted by atomic mass is 32.1. The summed E-state index contributed by atoms with van der Waals surface area (Å²) >= 11 is 1.57. The Morgan fingerprint density at radius 2 is 2.50 bits per heavy atom. The van der Waals surface area contributed by atoms with Crippen LogP contribution < -0.4 is 5.73 Å². The van der Waals surface area contributed by atoms with Crippen molar-refractivity contribution in [2.75, 3.05) is 0 Å². The molecule has 0 aliphatic heterocycles. The molecule has 1 aromatic heterocycles. The molecule has 1 rings (SSSR count). The van der Waals surface area contributed by atoms with Gasteiger partial charge in [0.1, 0.15) is 0 Å². The molecule has 0 amide bonds. The molecule has 12 heavy (non-hydrogen) atoms. The number of rotatable bonds is 4. The van der Waals surface area contributed by atoms with Crippen LogP contribution in [0.2, 0.25) is 0 Å². The predicted octanol–water partition coefficient (Wildman–Crippen LogP) is 1.61. The maximum absolute atomic E-state index is 10.2. The lowest BCUT2D eigenvalue weighted by atomic mass is 10.1. The first-order valence-electron chi connectivity index (χ1n) is 3.69.